The molecule has 4 aliphatic rings. The fourth-order valence-electron chi connectivity index (χ4n) is 6.17. The van der Waals surface area contributed by atoms with Gasteiger partial charge in [-0.3, -0.25) is 4.79 Å². The molecule has 6 heteroatoms. The van der Waals surface area contributed by atoms with E-state index in [1.54, 1.807) is 12.1 Å². The van der Waals surface area contributed by atoms with Crippen molar-refractivity contribution in [2.24, 2.45) is 23.2 Å². The lowest BCUT2D eigenvalue weighted by atomic mass is 9.49. The number of amides is 1. The van der Waals surface area contributed by atoms with Crippen LogP contribution >= 0.6 is 11.6 Å². The average Bonchev–Trinajstić information content (AvgIpc) is 3.13. The van der Waals surface area contributed by atoms with E-state index in [9.17, 15) is 4.79 Å². The van der Waals surface area contributed by atoms with Crippen LogP contribution in [0.4, 0.5) is 0 Å². The largest absolute Gasteiger partial charge is 0.356 e. The van der Waals surface area contributed by atoms with Crippen molar-refractivity contribution in [2.75, 3.05) is 6.54 Å². The van der Waals surface area contributed by atoms with Crippen LogP contribution in [0.5, 0.6) is 0 Å². The minimum absolute atomic E-state index is 0.0852. The van der Waals surface area contributed by atoms with Crippen LogP contribution in [0.3, 0.4) is 0 Å². The molecule has 4 aliphatic carbocycles. The van der Waals surface area contributed by atoms with Gasteiger partial charge >= 0.3 is 0 Å². The molecule has 0 unspecified atom stereocenters. The van der Waals surface area contributed by atoms with Gasteiger partial charge in [0.15, 0.2) is 0 Å². The highest BCUT2D eigenvalue weighted by atomic mass is 35.5. The van der Waals surface area contributed by atoms with Gasteiger partial charge in [-0.1, -0.05) is 16.8 Å². The van der Waals surface area contributed by atoms with Gasteiger partial charge in [0.1, 0.15) is 0 Å². The Morgan fingerprint density at radius 3 is 2.39 bits per heavy atom. The van der Waals surface area contributed by atoms with Crippen molar-refractivity contribution in [3.8, 4) is 11.4 Å². The topological polar surface area (TPSA) is 68.0 Å². The first-order valence-electron chi connectivity index (χ1n) is 10.4. The number of benzene rings is 1. The highest BCUT2D eigenvalue weighted by molar-refractivity contribution is 6.30. The number of hydrogen-bond acceptors (Lipinski definition) is 4. The number of hydrogen-bond donors (Lipinski definition) is 1. The molecule has 2 aromatic rings. The molecule has 1 aromatic heterocycles. The zero-order valence-electron chi connectivity index (χ0n) is 16.0. The maximum Gasteiger partial charge on any atom is 0.227 e. The summed E-state index contributed by atoms with van der Waals surface area (Å²) in [5, 5.41) is 7.89. The van der Waals surface area contributed by atoms with E-state index in [0.29, 0.717) is 35.0 Å². The third kappa shape index (κ3) is 3.69. The Morgan fingerprint density at radius 1 is 1.11 bits per heavy atom. The number of rotatable bonds is 6. The van der Waals surface area contributed by atoms with Gasteiger partial charge in [-0.05, 0) is 86.0 Å². The van der Waals surface area contributed by atoms with E-state index >= 15 is 0 Å². The summed E-state index contributed by atoms with van der Waals surface area (Å²) in [6.07, 6.45) is 9.08. The van der Waals surface area contributed by atoms with Crippen molar-refractivity contribution in [1.29, 1.82) is 0 Å². The second kappa shape index (κ2) is 7.18. The molecule has 1 N–H and O–H groups in total. The van der Waals surface area contributed by atoms with Crippen LogP contribution in [0.1, 0.15) is 50.8 Å². The monoisotopic (exact) mass is 399 g/mol. The number of halogens is 1. The third-order valence-corrected chi connectivity index (χ3v) is 7.21. The average molecular weight is 400 g/mol. The lowest BCUT2D eigenvalue weighted by Gasteiger charge is -2.56. The third-order valence-electron chi connectivity index (χ3n) is 6.96. The predicted octanol–water partition coefficient (Wildman–Crippen LogP) is 4.66. The molecule has 6 rings (SSSR count). The van der Waals surface area contributed by atoms with Gasteiger partial charge < -0.3 is 9.84 Å². The fourth-order valence-corrected chi connectivity index (χ4v) is 6.30. The van der Waals surface area contributed by atoms with Crippen LogP contribution in [-0.2, 0) is 11.2 Å². The fraction of sp³-hybridized carbons (Fsp3) is 0.591. The van der Waals surface area contributed by atoms with Crippen molar-refractivity contribution in [2.45, 2.75) is 51.4 Å². The van der Waals surface area contributed by atoms with Gasteiger partial charge in [0.05, 0.1) is 0 Å². The Labute approximate surface area is 170 Å². The van der Waals surface area contributed by atoms with E-state index in [1.165, 1.54) is 38.5 Å². The summed E-state index contributed by atoms with van der Waals surface area (Å²) in [5.74, 6) is 3.84. The van der Waals surface area contributed by atoms with E-state index in [1.807, 2.05) is 12.1 Å². The Morgan fingerprint density at radius 2 is 1.75 bits per heavy atom. The maximum absolute atomic E-state index is 12.4. The second-order valence-electron chi connectivity index (χ2n) is 9.21. The number of nitrogens with one attached hydrogen (secondary N) is 1. The smallest absolute Gasteiger partial charge is 0.227 e. The lowest BCUT2D eigenvalue weighted by Crippen LogP contribution is -2.51. The number of carbonyl (C=O) groups excluding carboxylic acids is 1. The molecular formula is C22H26ClN3O2. The first-order chi connectivity index (χ1) is 13.6. The maximum atomic E-state index is 12.4. The van der Waals surface area contributed by atoms with Crippen molar-refractivity contribution < 1.29 is 9.32 Å². The van der Waals surface area contributed by atoms with Gasteiger partial charge in [-0.2, -0.15) is 4.98 Å². The van der Waals surface area contributed by atoms with Crippen molar-refractivity contribution in [1.82, 2.24) is 15.5 Å². The standard InChI is InChI=1S/C22H26ClN3O2/c23-18-3-1-17(2-4-18)21-25-20(28-26-21)6-5-19(27)24-13-22-10-14-7-15(11-22)9-16(8-14)12-22/h1-4,14-16H,5-13H2,(H,24,27). The van der Waals surface area contributed by atoms with Gasteiger partial charge in [0.25, 0.3) is 0 Å². The highest BCUT2D eigenvalue weighted by Crippen LogP contribution is 2.59. The number of aromatic nitrogens is 2. The van der Waals surface area contributed by atoms with E-state index in [2.05, 4.69) is 15.5 Å². The summed E-state index contributed by atoms with van der Waals surface area (Å²) < 4.78 is 5.30. The first-order valence-corrected chi connectivity index (χ1v) is 10.8. The van der Waals surface area contributed by atoms with E-state index in [0.717, 1.165) is 29.9 Å². The Bertz CT molecular complexity index is 826. The summed E-state index contributed by atoms with van der Waals surface area (Å²) in [6.45, 7) is 0.842. The predicted molar refractivity (Wildman–Crippen MR) is 107 cm³/mol. The van der Waals surface area contributed by atoms with Gasteiger partial charge in [-0.15, -0.1) is 0 Å². The molecule has 4 saturated carbocycles. The molecule has 0 atom stereocenters. The molecule has 0 saturated heterocycles. The molecule has 1 aromatic carbocycles. The molecule has 1 heterocycles. The van der Waals surface area contributed by atoms with Gasteiger partial charge in [0, 0.05) is 30.0 Å². The van der Waals surface area contributed by atoms with Crippen LogP contribution in [0.15, 0.2) is 28.8 Å². The number of aryl methyl sites for hydroxylation is 1. The molecule has 148 valence electrons. The Balaban J connectivity index is 1.13. The van der Waals surface area contributed by atoms with Crippen LogP contribution in [0, 0.1) is 23.2 Å². The van der Waals surface area contributed by atoms with E-state index in [-0.39, 0.29) is 5.91 Å². The zero-order valence-corrected chi connectivity index (χ0v) is 16.8. The first kappa shape index (κ1) is 18.2. The van der Waals surface area contributed by atoms with Crippen LogP contribution < -0.4 is 5.32 Å². The molecule has 1 amide bonds. The van der Waals surface area contributed by atoms with E-state index in [4.69, 9.17) is 16.1 Å². The SMILES string of the molecule is O=C(CCc1nc(-c2ccc(Cl)cc2)no1)NCC12CC3CC(CC(C3)C1)C2. The quantitative estimate of drug-likeness (QED) is 0.767. The number of carbonyl (C=O) groups is 1. The highest BCUT2D eigenvalue weighted by Gasteiger charge is 2.50. The van der Waals surface area contributed by atoms with Crippen LogP contribution in [0.25, 0.3) is 11.4 Å². The molecule has 5 nitrogen and oxygen atoms in total. The molecule has 4 bridgehead atoms. The normalized spacial score (nSPS) is 30.5. The Hall–Kier alpha value is -1.88. The van der Waals surface area contributed by atoms with Crippen LogP contribution in [-0.4, -0.2) is 22.6 Å². The van der Waals surface area contributed by atoms with Gasteiger partial charge in [0.2, 0.25) is 17.6 Å². The minimum Gasteiger partial charge on any atom is -0.356 e. The van der Waals surface area contributed by atoms with Crippen LogP contribution in [0.2, 0.25) is 5.02 Å². The summed E-state index contributed by atoms with van der Waals surface area (Å²) in [4.78, 5) is 16.8. The second-order valence-corrected chi connectivity index (χ2v) is 9.65. The zero-order chi connectivity index (χ0) is 19.1. The molecule has 0 aliphatic heterocycles. The van der Waals surface area contributed by atoms with Crippen molar-refractivity contribution in [3.05, 3.63) is 35.2 Å². The van der Waals surface area contributed by atoms with Crippen molar-refractivity contribution >= 4 is 17.5 Å². The van der Waals surface area contributed by atoms with Gasteiger partial charge in [-0.25, -0.2) is 0 Å². The number of nitrogens with zero attached hydrogens (tertiary/aromatic N) is 2. The molecule has 4 fully saturated rings. The summed E-state index contributed by atoms with van der Waals surface area (Å²) >= 11 is 5.91. The molecule has 0 spiro atoms. The summed E-state index contributed by atoms with van der Waals surface area (Å²) in [6, 6.07) is 7.31. The Kier molecular flexibility index (Phi) is 4.66. The summed E-state index contributed by atoms with van der Waals surface area (Å²) in [5.41, 5.74) is 1.22. The minimum atomic E-state index is 0.0852. The summed E-state index contributed by atoms with van der Waals surface area (Å²) in [7, 11) is 0. The van der Waals surface area contributed by atoms with Crippen molar-refractivity contribution in [3.63, 3.8) is 0 Å². The molecule has 0 radical (unpaired) electrons. The molecular weight excluding hydrogens is 374 g/mol. The van der Waals surface area contributed by atoms with E-state index < -0.39 is 0 Å². The molecule has 28 heavy (non-hydrogen) atoms. The lowest BCUT2D eigenvalue weighted by molar-refractivity contribution is -0.123.